The molecule has 3 rings (SSSR count). The monoisotopic (exact) mass is 311 g/mol. The van der Waals surface area contributed by atoms with E-state index < -0.39 is 0 Å². The molecule has 0 saturated heterocycles. The Morgan fingerprint density at radius 2 is 1.91 bits per heavy atom. The number of hydrogen-bond acceptors (Lipinski definition) is 4. The van der Waals surface area contributed by atoms with E-state index in [4.69, 9.17) is 0 Å². The van der Waals surface area contributed by atoms with E-state index in [1.165, 1.54) is 0 Å². The van der Waals surface area contributed by atoms with Gasteiger partial charge in [-0.15, -0.1) is 10.2 Å². The Bertz CT molecular complexity index is 810. The molecule has 0 atom stereocenters. The SMILES string of the molecule is Cc1ccn(-c2ccc(N(C)Cc3ccc(C)c(F)c3)nn2)n1. The van der Waals surface area contributed by atoms with Crippen molar-refractivity contribution >= 4 is 5.82 Å². The summed E-state index contributed by atoms with van der Waals surface area (Å²) in [4.78, 5) is 1.93. The predicted octanol–water partition coefficient (Wildman–Crippen LogP) is 3.05. The average Bonchev–Trinajstić information content (AvgIpc) is 2.97. The minimum atomic E-state index is -0.189. The first-order chi connectivity index (χ1) is 11.0. The maximum absolute atomic E-state index is 13.6. The van der Waals surface area contributed by atoms with E-state index in [1.807, 2.05) is 49.3 Å². The van der Waals surface area contributed by atoms with Crippen molar-refractivity contribution in [2.24, 2.45) is 0 Å². The van der Waals surface area contributed by atoms with E-state index in [1.54, 1.807) is 23.7 Å². The molecule has 0 spiro atoms. The molecular weight excluding hydrogens is 293 g/mol. The first-order valence-corrected chi connectivity index (χ1v) is 7.35. The highest BCUT2D eigenvalue weighted by Crippen LogP contribution is 2.15. The number of hydrogen-bond donors (Lipinski definition) is 0. The molecule has 2 heterocycles. The molecule has 0 saturated carbocycles. The van der Waals surface area contributed by atoms with Gasteiger partial charge in [0.2, 0.25) is 0 Å². The van der Waals surface area contributed by atoms with Crippen molar-refractivity contribution in [1.29, 1.82) is 0 Å². The van der Waals surface area contributed by atoms with Crippen LogP contribution in [0.15, 0.2) is 42.6 Å². The number of nitrogens with zero attached hydrogens (tertiary/aromatic N) is 5. The summed E-state index contributed by atoms with van der Waals surface area (Å²) in [7, 11) is 1.90. The van der Waals surface area contributed by atoms with E-state index >= 15 is 0 Å². The zero-order valence-corrected chi connectivity index (χ0v) is 13.4. The molecule has 0 unspecified atom stereocenters. The van der Waals surface area contributed by atoms with Crippen molar-refractivity contribution in [3.63, 3.8) is 0 Å². The van der Waals surface area contributed by atoms with Crippen molar-refractivity contribution in [3.05, 3.63) is 65.2 Å². The van der Waals surface area contributed by atoms with Gasteiger partial charge < -0.3 is 4.90 Å². The van der Waals surface area contributed by atoms with E-state index in [0.29, 0.717) is 17.9 Å². The summed E-state index contributed by atoms with van der Waals surface area (Å²) in [6, 6.07) is 10.9. The van der Waals surface area contributed by atoms with Gasteiger partial charge in [0, 0.05) is 19.8 Å². The average molecular weight is 311 g/mol. The molecule has 0 amide bonds. The molecule has 1 aromatic carbocycles. The van der Waals surface area contributed by atoms with Crippen LogP contribution in [0.3, 0.4) is 0 Å². The highest BCUT2D eigenvalue weighted by molar-refractivity contribution is 5.40. The zero-order valence-electron chi connectivity index (χ0n) is 13.4. The Morgan fingerprint density at radius 3 is 2.52 bits per heavy atom. The fourth-order valence-electron chi connectivity index (χ4n) is 2.28. The van der Waals surface area contributed by atoms with Gasteiger partial charge >= 0.3 is 0 Å². The number of aromatic nitrogens is 4. The van der Waals surface area contributed by atoms with Crippen molar-refractivity contribution in [2.75, 3.05) is 11.9 Å². The lowest BCUT2D eigenvalue weighted by molar-refractivity contribution is 0.615. The van der Waals surface area contributed by atoms with Gasteiger partial charge in [0.05, 0.1) is 5.69 Å². The van der Waals surface area contributed by atoms with Gasteiger partial charge in [-0.1, -0.05) is 12.1 Å². The number of benzene rings is 1. The van der Waals surface area contributed by atoms with Crippen LogP contribution in [-0.2, 0) is 6.54 Å². The fraction of sp³-hybridized carbons (Fsp3) is 0.235. The molecule has 0 bridgehead atoms. The summed E-state index contributed by atoms with van der Waals surface area (Å²) in [6.45, 7) is 4.24. The largest absolute Gasteiger partial charge is 0.354 e. The second-order valence-corrected chi connectivity index (χ2v) is 5.59. The quantitative estimate of drug-likeness (QED) is 0.743. The summed E-state index contributed by atoms with van der Waals surface area (Å²) in [5, 5.41) is 12.7. The fourth-order valence-corrected chi connectivity index (χ4v) is 2.28. The summed E-state index contributed by atoms with van der Waals surface area (Å²) >= 11 is 0. The maximum atomic E-state index is 13.6. The van der Waals surface area contributed by atoms with E-state index in [-0.39, 0.29) is 5.82 Å². The summed E-state index contributed by atoms with van der Waals surface area (Å²) < 4.78 is 15.3. The molecule has 6 heteroatoms. The van der Waals surface area contributed by atoms with E-state index in [2.05, 4.69) is 15.3 Å². The van der Waals surface area contributed by atoms with Crippen LogP contribution in [0.25, 0.3) is 5.82 Å². The van der Waals surface area contributed by atoms with Gasteiger partial charge in [-0.25, -0.2) is 9.07 Å². The van der Waals surface area contributed by atoms with Gasteiger partial charge in [0.1, 0.15) is 5.82 Å². The first-order valence-electron chi connectivity index (χ1n) is 7.35. The number of aryl methyl sites for hydroxylation is 2. The summed E-state index contributed by atoms with van der Waals surface area (Å²) in [6.07, 6.45) is 1.85. The third kappa shape index (κ3) is 3.36. The van der Waals surface area contributed by atoms with Crippen LogP contribution in [0.4, 0.5) is 10.2 Å². The molecule has 0 N–H and O–H groups in total. The van der Waals surface area contributed by atoms with E-state index in [9.17, 15) is 4.39 Å². The second-order valence-electron chi connectivity index (χ2n) is 5.59. The molecule has 0 aliphatic rings. The van der Waals surface area contributed by atoms with Crippen molar-refractivity contribution in [2.45, 2.75) is 20.4 Å². The highest BCUT2D eigenvalue weighted by atomic mass is 19.1. The molecule has 0 radical (unpaired) electrons. The Balaban J connectivity index is 1.74. The lowest BCUT2D eigenvalue weighted by Crippen LogP contribution is -2.18. The highest BCUT2D eigenvalue weighted by Gasteiger charge is 2.07. The van der Waals surface area contributed by atoms with Gasteiger partial charge in [-0.3, -0.25) is 0 Å². The third-order valence-corrected chi connectivity index (χ3v) is 3.64. The molecule has 118 valence electrons. The van der Waals surface area contributed by atoms with Crippen LogP contribution in [0.5, 0.6) is 0 Å². The predicted molar refractivity (Wildman–Crippen MR) is 87.1 cm³/mol. The van der Waals surface area contributed by atoms with Gasteiger partial charge in [0.15, 0.2) is 11.6 Å². The summed E-state index contributed by atoms with van der Waals surface area (Å²) in [5.74, 6) is 1.20. The smallest absolute Gasteiger partial charge is 0.175 e. The van der Waals surface area contributed by atoms with Crippen LogP contribution >= 0.6 is 0 Å². The number of rotatable bonds is 4. The Labute approximate surface area is 134 Å². The van der Waals surface area contributed by atoms with Crippen molar-refractivity contribution in [3.8, 4) is 5.82 Å². The molecular formula is C17H18FN5. The van der Waals surface area contributed by atoms with Gasteiger partial charge in [0.25, 0.3) is 0 Å². The van der Waals surface area contributed by atoms with Crippen LogP contribution in [0, 0.1) is 19.7 Å². The third-order valence-electron chi connectivity index (χ3n) is 3.64. The van der Waals surface area contributed by atoms with E-state index in [0.717, 1.165) is 17.1 Å². The first kappa shape index (κ1) is 15.1. The van der Waals surface area contributed by atoms with Gasteiger partial charge in [-0.2, -0.15) is 5.10 Å². The zero-order chi connectivity index (χ0) is 16.4. The molecule has 0 fully saturated rings. The van der Waals surface area contributed by atoms with Crippen molar-refractivity contribution < 1.29 is 4.39 Å². The normalized spacial score (nSPS) is 10.8. The molecule has 5 nitrogen and oxygen atoms in total. The Kier molecular flexibility index (Phi) is 4.06. The number of halogens is 1. The number of anilines is 1. The van der Waals surface area contributed by atoms with Crippen LogP contribution in [0.2, 0.25) is 0 Å². The minimum Gasteiger partial charge on any atom is -0.354 e. The topological polar surface area (TPSA) is 46.8 Å². The second kappa shape index (κ2) is 6.16. The van der Waals surface area contributed by atoms with Crippen LogP contribution in [-0.4, -0.2) is 27.0 Å². The lowest BCUT2D eigenvalue weighted by atomic mass is 10.1. The maximum Gasteiger partial charge on any atom is 0.175 e. The minimum absolute atomic E-state index is 0.189. The summed E-state index contributed by atoms with van der Waals surface area (Å²) in [5.41, 5.74) is 2.47. The molecule has 0 aliphatic heterocycles. The Hall–Kier alpha value is -2.76. The molecule has 2 aromatic heterocycles. The van der Waals surface area contributed by atoms with Crippen LogP contribution < -0.4 is 4.90 Å². The molecule has 0 aliphatic carbocycles. The molecule has 23 heavy (non-hydrogen) atoms. The van der Waals surface area contributed by atoms with Crippen LogP contribution in [0.1, 0.15) is 16.8 Å². The lowest BCUT2D eigenvalue weighted by Gasteiger charge is -2.18. The standard InChI is InChI=1S/C17H18FN5/c1-12-4-5-14(10-15(12)18)11-22(3)16-6-7-17(20-19-16)23-9-8-13(2)21-23/h4-10H,11H2,1-3H3. The molecule has 3 aromatic rings. The Morgan fingerprint density at radius 1 is 1.09 bits per heavy atom. The van der Waals surface area contributed by atoms with Gasteiger partial charge in [-0.05, 0) is 49.2 Å². The van der Waals surface area contributed by atoms with Crippen molar-refractivity contribution in [1.82, 2.24) is 20.0 Å².